The van der Waals surface area contributed by atoms with E-state index in [-0.39, 0.29) is 29.7 Å². The summed E-state index contributed by atoms with van der Waals surface area (Å²) in [5.74, 6) is -0.808. The minimum atomic E-state index is -0.423. The van der Waals surface area contributed by atoms with E-state index in [1.165, 1.54) is 12.8 Å². The van der Waals surface area contributed by atoms with Gasteiger partial charge in [0.25, 0.3) is 0 Å². The van der Waals surface area contributed by atoms with Crippen LogP contribution in [-0.2, 0) is 19.1 Å². The van der Waals surface area contributed by atoms with Crippen LogP contribution < -0.4 is 0 Å². The lowest BCUT2D eigenvalue weighted by atomic mass is 9.91. The lowest BCUT2D eigenvalue weighted by Crippen LogP contribution is -2.25. The van der Waals surface area contributed by atoms with Gasteiger partial charge in [0.2, 0.25) is 0 Å². The molecule has 184 valence electrons. The molecule has 1 saturated heterocycles. The number of carbonyl (C=O) groups is 3. The first-order valence-electron chi connectivity index (χ1n) is 12.8. The van der Waals surface area contributed by atoms with Gasteiger partial charge in [-0.15, -0.1) is 0 Å². The van der Waals surface area contributed by atoms with Crippen molar-refractivity contribution in [2.45, 2.75) is 70.5 Å². The van der Waals surface area contributed by atoms with E-state index in [0.29, 0.717) is 24.8 Å². The van der Waals surface area contributed by atoms with Crippen LogP contribution in [0.1, 0.15) is 68.6 Å². The highest BCUT2D eigenvalue weighted by atomic mass is 16.6. The number of fused-ring (bicyclic) bond motifs is 1. The van der Waals surface area contributed by atoms with Gasteiger partial charge in [0.05, 0.1) is 12.0 Å². The monoisotopic (exact) mass is 474 g/mol. The molecule has 4 atom stereocenters. The van der Waals surface area contributed by atoms with Crippen LogP contribution in [0.3, 0.4) is 0 Å². The van der Waals surface area contributed by atoms with Crippen molar-refractivity contribution < 1.29 is 23.9 Å². The van der Waals surface area contributed by atoms with Gasteiger partial charge in [-0.1, -0.05) is 81.1 Å². The van der Waals surface area contributed by atoms with Gasteiger partial charge in [-0.05, 0) is 35.8 Å². The molecule has 0 radical (unpaired) electrons. The molecule has 2 aromatic carbocycles. The van der Waals surface area contributed by atoms with Crippen LogP contribution >= 0.6 is 0 Å². The average molecular weight is 475 g/mol. The fourth-order valence-corrected chi connectivity index (χ4v) is 5.13. The lowest BCUT2D eigenvalue weighted by molar-refractivity contribution is -0.141. The van der Waals surface area contributed by atoms with Gasteiger partial charge in [0.15, 0.2) is 5.78 Å². The van der Waals surface area contributed by atoms with Gasteiger partial charge in [-0.3, -0.25) is 9.59 Å². The van der Waals surface area contributed by atoms with E-state index < -0.39 is 12.1 Å². The summed E-state index contributed by atoms with van der Waals surface area (Å²) >= 11 is 0. The second kappa shape index (κ2) is 12.0. The molecule has 0 amide bonds. The van der Waals surface area contributed by atoms with Crippen molar-refractivity contribution in [2.24, 2.45) is 11.8 Å². The quantitative estimate of drug-likeness (QED) is 0.217. The predicted octanol–water partition coefficient (Wildman–Crippen LogP) is 6.32. The zero-order chi connectivity index (χ0) is 24.6. The highest BCUT2D eigenvalue weighted by molar-refractivity contribution is 5.91. The van der Waals surface area contributed by atoms with E-state index in [1.807, 2.05) is 48.5 Å². The van der Waals surface area contributed by atoms with E-state index >= 15 is 0 Å². The first kappa shape index (κ1) is 24.9. The molecule has 1 heterocycles. The zero-order valence-electron chi connectivity index (χ0n) is 20.4. The Morgan fingerprint density at radius 3 is 2.43 bits per heavy atom. The first-order valence-corrected chi connectivity index (χ1v) is 12.8. The van der Waals surface area contributed by atoms with Crippen molar-refractivity contribution in [2.75, 3.05) is 0 Å². The van der Waals surface area contributed by atoms with Crippen molar-refractivity contribution in [3.8, 4) is 11.1 Å². The van der Waals surface area contributed by atoms with Gasteiger partial charge in [-0.2, -0.15) is 0 Å². The number of hydrogen-bond acceptors (Lipinski definition) is 5. The van der Waals surface area contributed by atoms with Crippen molar-refractivity contribution >= 4 is 17.7 Å². The SMILES string of the molecule is CCCCCCCC(=O)/C=C/C1C(OC(=O)c2ccc(-c3ccccc3)cc2)CC2OC(=O)CC21. The maximum absolute atomic E-state index is 12.9. The molecule has 4 unspecified atom stereocenters. The minimum absolute atomic E-state index is 0.0608. The zero-order valence-corrected chi connectivity index (χ0v) is 20.4. The number of ketones is 1. The topological polar surface area (TPSA) is 69.7 Å². The Morgan fingerprint density at radius 2 is 1.69 bits per heavy atom. The highest BCUT2D eigenvalue weighted by Crippen LogP contribution is 2.43. The largest absolute Gasteiger partial charge is 0.462 e. The third-order valence-corrected chi connectivity index (χ3v) is 7.07. The fourth-order valence-electron chi connectivity index (χ4n) is 5.13. The summed E-state index contributed by atoms with van der Waals surface area (Å²) in [6.45, 7) is 2.17. The van der Waals surface area contributed by atoms with Gasteiger partial charge in [-0.25, -0.2) is 4.79 Å². The Hall–Kier alpha value is -3.21. The Balaban J connectivity index is 1.38. The molecule has 2 fully saturated rings. The first-order chi connectivity index (χ1) is 17.0. The van der Waals surface area contributed by atoms with Crippen LogP contribution in [0.4, 0.5) is 0 Å². The normalized spacial score (nSPS) is 23.3. The smallest absolute Gasteiger partial charge is 0.338 e. The van der Waals surface area contributed by atoms with Gasteiger partial charge >= 0.3 is 11.9 Å². The molecule has 2 aliphatic rings. The molecular formula is C30H34O5. The van der Waals surface area contributed by atoms with Crippen molar-refractivity contribution in [3.05, 3.63) is 72.3 Å². The number of esters is 2. The fraction of sp³-hybridized carbons (Fsp3) is 0.433. The Morgan fingerprint density at radius 1 is 0.971 bits per heavy atom. The Labute approximate surface area is 207 Å². The van der Waals surface area contributed by atoms with E-state index in [9.17, 15) is 14.4 Å². The molecule has 1 saturated carbocycles. The molecule has 5 heteroatoms. The van der Waals surface area contributed by atoms with Crippen LogP contribution in [-0.4, -0.2) is 29.9 Å². The van der Waals surface area contributed by atoms with E-state index in [4.69, 9.17) is 9.47 Å². The highest BCUT2D eigenvalue weighted by Gasteiger charge is 2.50. The second-order valence-electron chi connectivity index (χ2n) is 9.59. The third-order valence-electron chi connectivity index (χ3n) is 7.07. The minimum Gasteiger partial charge on any atom is -0.462 e. The number of rotatable bonds is 11. The van der Waals surface area contributed by atoms with Crippen LogP contribution in [0.25, 0.3) is 11.1 Å². The molecule has 2 aromatic rings. The summed E-state index contributed by atoms with van der Waals surface area (Å²) in [7, 11) is 0. The van der Waals surface area contributed by atoms with Crippen LogP contribution in [0.2, 0.25) is 0 Å². The summed E-state index contributed by atoms with van der Waals surface area (Å²) in [4.78, 5) is 37.2. The van der Waals surface area contributed by atoms with Crippen molar-refractivity contribution in [1.29, 1.82) is 0 Å². The second-order valence-corrected chi connectivity index (χ2v) is 9.59. The average Bonchev–Trinajstić information content (AvgIpc) is 3.38. The molecule has 35 heavy (non-hydrogen) atoms. The third kappa shape index (κ3) is 6.47. The standard InChI is InChI=1S/C30H34O5/c1-2-3-4-5-9-12-24(31)17-18-25-26-19-29(32)34-28(26)20-27(25)35-30(33)23-15-13-22(14-16-23)21-10-7-6-8-11-21/h6-8,10-11,13-18,25-28H,2-5,9,12,19-20H2,1H3/b18-17+. The van der Waals surface area contributed by atoms with Gasteiger partial charge in [0, 0.05) is 24.7 Å². The van der Waals surface area contributed by atoms with Crippen LogP contribution in [0.15, 0.2) is 66.7 Å². The van der Waals surface area contributed by atoms with Crippen LogP contribution in [0, 0.1) is 11.8 Å². The number of benzene rings is 2. The molecule has 4 rings (SSSR count). The van der Waals surface area contributed by atoms with Crippen LogP contribution in [0.5, 0.6) is 0 Å². The predicted molar refractivity (Wildman–Crippen MR) is 135 cm³/mol. The van der Waals surface area contributed by atoms with E-state index in [2.05, 4.69) is 6.92 Å². The number of carbonyl (C=O) groups excluding carboxylic acids is 3. The Kier molecular flexibility index (Phi) is 8.51. The molecule has 1 aliphatic carbocycles. The van der Waals surface area contributed by atoms with E-state index in [1.54, 1.807) is 18.2 Å². The van der Waals surface area contributed by atoms with Crippen molar-refractivity contribution in [1.82, 2.24) is 0 Å². The Bertz CT molecular complexity index is 1040. The molecule has 5 nitrogen and oxygen atoms in total. The summed E-state index contributed by atoms with van der Waals surface area (Å²) in [5.41, 5.74) is 2.58. The molecule has 1 aliphatic heterocycles. The summed E-state index contributed by atoms with van der Waals surface area (Å²) in [6.07, 6.45) is 9.54. The number of ether oxygens (including phenoxy) is 2. The molecule has 0 spiro atoms. The number of unbranched alkanes of at least 4 members (excludes halogenated alkanes) is 4. The molecule has 0 aromatic heterocycles. The van der Waals surface area contributed by atoms with Gasteiger partial charge < -0.3 is 9.47 Å². The summed E-state index contributed by atoms with van der Waals surface area (Å²) in [5, 5.41) is 0. The number of allylic oxidation sites excluding steroid dienone is 1. The summed E-state index contributed by atoms with van der Waals surface area (Å²) < 4.78 is 11.4. The molecular weight excluding hydrogens is 440 g/mol. The number of hydrogen-bond donors (Lipinski definition) is 0. The molecule has 0 N–H and O–H groups in total. The summed E-state index contributed by atoms with van der Waals surface area (Å²) in [6, 6.07) is 17.3. The maximum Gasteiger partial charge on any atom is 0.338 e. The van der Waals surface area contributed by atoms with E-state index in [0.717, 1.165) is 30.4 Å². The molecule has 0 bridgehead atoms. The maximum atomic E-state index is 12.9. The van der Waals surface area contributed by atoms with Crippen molar-refractivity contribution in [3.63, 3.8) is 0 Å². The lowest BCUT2D eigenvalue weighted by Gasteiger charge is -2.20. The van der Waals surface area contributed by atoms with Gasteiger partial charge in [0.1, 0.15) is 12.2 Å².